The molecule has 0 aliphatic carbocycles. The van der Waals surface area contributed by atoms with E-state index in [9.17, 15) is 4.79 Å². The number of para-hydroxylation sites is 1. The molecular formula is C29H34FN5O4. The molecule has 4 aromatic rings. The minimum absolute atomic E-state index is 0.0188. The Morgan fingerprint density at radius 3 is 2.79 bits per heavy atom. The third-order valence-corrected chi connectivity index (χ3v) is 6.56. The number of fused-ring (bicyclic) bond motifs is 2. The molecule has 1 aliphatic rings. The molecule has 0 bridgehead atoms. The minimum atomic E-state index is -1.25. The molecule has 0 spiro atoms. The molecule has 1 aliphatic heterocycles. The zero-order chi connectivity index (χ0) is 27.6. The number of likely N-dealkylation sites (tertiary alicyclic amines) is 1. The number of nitrogens with one attached hydrogen (secondary N) is 1. The van der Waals surface area contributed by atoms with Crippen LogP contribution in [-0.4, -0.2) is 76.6 Å². The highest BCUT2D eigenvalue weighted by molar-refractivity contribution is 5.92. The quantitative estimate of drug-likeness (QED) is 0.320. The molecule has 3 aromatic heterocycles. The summed E-state index contributed by atoms with van der Waals surface area (Å²) in [7, 11) is 1.64. The Morgan fingerprint density at radius 1 is 1.18 bits per heavy atom. The molecule has 1 saturated heterocycles. The summed E-state index contributed by atoms with van der Waals surface area (Å²) in [6, 6.07) is 13.1. The number of benzene rings is 1. The number of amides is 1. The smallest absolute Gasteiger partial charge is 0.410 e. The zero-order valence-corrected chi connectivity index (χ0v) is 22.7. The molecule has 39 heavy (non-hydrogen) atoms. The fraction of sp³-hybridized carbons (Fsp3) is 0.414. The number of alkyl halides is 1. The van der Waals surface area contributed by atoms with Crippen LogP contribution >= 0.6 is 0 Å². The lowest BCUT2D eigenvalue weighted by molar-refractivity contribution is 0.0125. The van der Waals surface area contributed by atoms with Crippen molar-refractivity contribution < 1.29 is 23.4 Å². The summed E-state index contributed by atoms with van der Waals surface area (Å²) in [5.41, 5.74) is 3.19. The molecule has 9 nitrogen and oxygen atoms in total. The van der Waals surface area contributed by atoms with Crippen LogP contribution in [0.5, 0.6) is 5.75 Å². The Kier molecular flexibility index (Phi) is 7.56. The monoisotopic (exact) mass is 535 g/mol. The van der Waals surface area contributed by atoms with Gasteiger partial charge in [0.05, 0.1) is 48.0 Å². The van der Waals surface area contributed by atoms with Gasteiger partial charge >= 0.3 is 6.09 Å². The first-order valence-corrected chi connectivity index (χ1v) is 13.1. The first kappa shape index (κ1) is 26.7. The molecule has 1 amide bonds. The molecule has 4 heterocycles. The second-order valence-electron chi connectivity index (χ2n) is 10.6. The van der Waals surface area contributed by atoms with E-state index >= 15 is 4.39 Å². The Hall–Kier alpha value is -3.92. The Morgan fingerprint density at radius 2 is 2.03 bits per heavy atom. The maximum atomic E-state index is 15.2. The van der Waals surface area contributed by atoms with E-state index in [-0.39, 0.29) is 6.54 Å². The fourth-order valence-electron chi connectivity index (χ4n) is 4.65. The first-order chi connectivity index (χ1) is 18.7. The molecule has 2 unspecified atom stereocenters. The lowest BCUT2D eigenvalue weighted by Crippen LogP contribution is -2.51. The van der Waals surface area contributed by atoms with Crippen LogP contribution < -0.4 is 10.1 Å². The Labute approximate surface area is 226 Å². The van der Waals surface area contributed by atoms with Gasteiger partial charge < -0.3 is 24.4 Å². The van der Waals surface area contributed by atoms with E-state index in [0.29, 0.717) is 31.9 Å². The van der Waals surface area contributed by atoms with Crippen LogP contribution in [0.2, 0.25) is 0 Å². The molecule has 1 fully saturated rings. The minimum Gasteiger partial charge on any atom is -0.491 e. The highest BCUT2D eigenvalue weighted by Crippen LogP contribution is 2.29. The summed E-state index contributed by atoms with van der Waals surface area (Å²) >= 11 is 0. The summed E-state index contributed by atoms with van der Waals surface area (Å²) < 4.78 is 33.3. The molecule has 5 rings (SSSR count). The van der Waals surface area contributed by atoms with E-state index in [1.807, 2.05) is 53.1 Å². The van der Waals surface area contributed by atoms with Gasteiger partial charge in [0.2, 0.25) is 0 Å². The largest absolute Gasteiger partial charge is 0.491 e. The van der Waals surface area contributed by atoms with Gasteiger partial charge in [0.15, 0.2) is 0 Å². The number of methoxy groups -OCH3 is 1. The van der Waals surface area contributed by atoms with Gasteiger partial charge in [-0.1, -0.05) is 18.2 Å². The third kappa shape index (κ3) is 6.06. The van der Waals surface area contributed by atoms with Gasteiger partial charge in [-0.2, -0.15) is 0 Å². The highest BCUT2D eigenvalue weighted by Gasteiger charge is 2.34. The maximum Gasteiger partial charge on any atom is 0.410 e. The number of hydrogen-bond acceptors (Lipinski definition) is 7. The lowest BCUT2D eigenvalue weighted by atomic mass is 10.0. The topological polar surface area (TPSA) is 90.2 Å². The number of aromatic nitrogens is 3. The second kappa shape index (κ2) is 11.1. The standard InChI is InChI=1S/C29H34FN5O4/c1-29(2,3)39-28(36)34-12-11-22(21(30)18-34)32-24-7-5-6-19-8-9-23(33-27(19)24)25-17-31-26-16-20(10-13-35(25)26)38-15-14-37-4/h5-10,13,16-17,21-22,32H,11-12,14-15,18H2,1-4H3. The number of piperidine rings is 1. The number of ether oxygens (including phenoxy) is 3. The predicted octanol–water partition coefficient (Wildman–Crippen LogP) is 5.33. The number of imidazole rings is 1. The van der Waals surface area contributed by atoms with Crippen LogP contribution in [0.3, 0.4) is 0 Å². The van der Waals surface area contributed by atoms with E-state index in [1.54, 1.807) is 34.1 Å². The molecule has 1 N–H and O–H groups in total. The number of halogens is 1. The summed E-state index contributed by atoms with van der Waals surface area (Å²) in [5, 5.41) is 4.30. The van der Waals surface area contributed by atoms with Crippen molar-refractivity contribution in [3.63, 3.8) is 0 Å². The van der Waals surface area contributed by atoms with Gasteiger partial charge in [0.25, 0.3) is 0 Å². The van der Waals surface area contributed by atoms with Crippen molar-refractivity contribution in [3.8, 4) is 17.1 Å². The zero-order valence-electron chi connectivity index (χ0n) is 22.7. The van der Waals surface area contributed by atoms with Crippen LogP contribution in [-0.2, 0) is 9.47 Å². The molecule has 0 saturated carbocycles. The summed E-state index contributed by atoms with van der Waals surface area (Å²) in [6.07, 6.45) is 2.41. The number of rotatable bonds is 7. The van der Waals surface area contributed by atoms with Crippen LogP contribution in [0, 0.1) is 0 Å². The van der Waals surface area contributed by atoms with Crippen LogP contribution in [0.1, 0.15) is 27.2 Å². The maximum absolute atomic E-state index is 15.2. The van der Waals surface area contributed by atoms with Gasteiger partial charge in [0.1, 0.15) is 29.8 Å². The van der Waals surface area contributed by atoms with Crippen molar-refractivity contribution in [1.29, 1.82) is 0 Å². The van der Waals surface area contributed by atoms with E-state index in [0.717, 1.165) is 33.6 Å². The number of pyridine rings is 2. The lowest BCUT2D eigenvalue weighted by Gasteiger charge is -2.36. The van der Waals surface area contributed by atoms with Crippen molar-refractivity contribution in [2.24, 2.45) is 0 Å². The van der Waals surface area contributed by atoms with Crippen LogP contribution in [0.4, 0.5) is 14.9 Å². The average Bonchev–Trinajstić information content (AvgIpc) is 3.32. The average molecular weight is 536 g/mol. The summed E-state index contributed by atoms with van der Waals surface area (Å²) in [4.78, 5) is 23.3. The Balaban J connectivity index is 1.35. The SMILES string of the molecule is COCCOc1ccn2c(-c3ccc4cccc(NC5CCN(C(=O)OC(C)(C)C)CC5F)c4n3)cnc2c1. The van der Waals surface area contributed by atoms with Gasteiger partial charge in [-0.05, 0) is 45.4 Å². The van der Waals surface area contributed by atoms with Crippen LogP contribution in [0.25, 0.3) is 27.9 Å². The van der Waals surface area contributed by atoms with Crippen molar-refractivity contribution in [1.82, 2.24) is 19.3 Å². The number of nitrogens with zero attached hydrogens (tertiary/aromatic N) is 4. The number of anilines is 1. The van der Waals surface area contributed by atoms with Gasteiger partial charge in [-0.15, -0.1) is 0 Å². The molecule has 2 atom stereocenters. The molecule has 10 heteroatoms. The summed E-state index contributed by atoms with van der Waals surface area (Å²) in [6.45, 7) is 6.77. The number of hydrogen-bond donors (Lipinski definition) is 1. The first-order valence-electron chi connectivity index (χ1n) is 13.1. The van der Waals surface area contributed by atoms with E-state index in [4.69, 9.17) is 19.2 Å². The third-order valence-electron chi connectivity index (χ3n) is 6.56. The molecule has 206 valence electrons. The highest BCUT2D eigenvalue weighted by atomic mass is 19.1. The van der Waals surface area contributed by atoms with Gasteiger partial charge in [-0.3, -0.25) is 4.40 Å². The van der Waals surface area contributed by atoms with Crippen molar-refractivity contribution >= 4 is 28.3 Å². The summed E-state index contributed by atoms with van der Waals surface area (Å²) in [5.74, 6) is 0.716. The van der Waals surface area contributed by atoms with E-state index < -0.39 is 23.9 Å². The van der Waals surface area contributed by atoms with Gasteiger partial charge in [0, 0.05) is 31.3 Å². The molecule has 0 radical (unpaired) electrons. The fourth-order valence-corrected chi connectivity index (χ4v) is 4.65. The van der Waals surface area contributed by atoms with Gasteiger partial charge in [-0.25, -0.2) is 19.2 Å². The molecule has 1 aromatic carbocycles. The normalized spacial score (nSPS) is 17.9. The predicted molar refractivity (Wildman–Crippen MR) is 148 cm³/mol. The molecular weight excluding hydrogens is 501 g/mol. The second-order valence-corrected chi connectivity index (χ2v) is 10.6. The van der Waals surface area contributed by atoms with Crippen LogP contribution in [0.15, 0.2) is 54.9 Å². The van der Waals surface area contributed by atoms with Crippen molar-refractivity contribution in [2.45, 2.75) is 45.0 Å². The number of carbonyl (C=O) groups excluding carboxylic acids is 1. The van der Waals surface area contributed by atoms with Crippen molar-refractivity contribution in [3.05, 3.63) is 54.9 Å². The Bertz CT molecular complexity index is 1470. The van der Waals surface area contributed by atoms with E-state index in [2.05, 4.69) is 10.3 Å². The van der Waals surface area contributed by atoms with E-state index in [1.165, 1.54) is 4.90 Å². The van der Waals surface area contributed by atoms with Crippen molar-refractivity contribution in [2.75, 3.05) is 38.7 Å². The number of carbonyl (C=O) groups is 1.